The summed E-state index contributed by atoms with van der Waals surface area (Å²) in [5, 5.41) is 6.90. The van der Waals surface area contributed by atoms with Gasteiger partial charge in [-0.1, -0.05) is 0 Å². The van der Waals surface area contributed by atoms with E-state index in [0.29, 0.717) is 6.54 Å². The summed E-state index contributed by atoms with van der Waals surface area (Å²) in [7, 11) is 0. The van der Waals surface area contributed by atoms with Crippen LogP contribution in [0.15, 0.2) is 16.8 Å². The van der Waals surface area contributed by atoms with Gasteiger partial charge in [-0.3, -0.25) is 0 Å². The normalized spacial score (nSPS) is 23.4. The Bertz CT molecular complexity index is 367. The molecule has 0 bridgehead atoms. The smallest absolute Gasteiger partial charge is 0.377 e. The number of carbonyl (C=O) groups excluding carboxylic acids is 1. The Morgan fingerprint density at radius 1 is 1.62 bits per heavy atom. The topological polar surface area (TPSA) is 38.3 Å². The zero-order chi connectivity index (χ0) is 11.6. The standard InChI is InChI=1S/C10H11F2NO2S/c11-10(12)3-8(15-9(10)14)5-13-4-7-1-2-16-6-7/h1-2,6,8,13H,3-5H2. The van der Waals surface area contributed by atoms with Gasteiger partial charge in [0.15, 0.2) is 0 Å². The molecule has 88 valence electrons. The van der Waals surface area contributed by atoms with Gasteiger partial charge in [0.25, 0.3) is 0 Å². The zero-order valence-electron chi connectivity index (χ0n) is 8.41. The maximum absolute atomic E-state index is 12.8. The summed E-state index contributed by atoms with van der Waals surface area (Å²) in [5.41, 5.74) is 1.10. The van der Waals surface area contributed by atoms with Gasteiger partial charge in [-0.15, -0.1) is 0 Å². The van der Waals surface area contributed by atoms with Gasteiger partial charge in [-0.25, -0.2) is 4.79 Å². The Balaban J connectivity index is 1.74. The van der Waals surface area contributed by atoms with Crippen molar-refractivity contribution in [2.45, 2.75) is 25.0 Å². The van der Waals surface area contributed by atoms with E-state index in [1.165, 1.54) is 0 Å². The number of hydrogen-bond donors (Lipinski definition) is 1. The molecule has 1 aliphatic rings. The predicted octanol–water partition coefficient (Wildman–Crippen LogP) is 1.79. The number of esters is 1. The lowest BCUT2D eigenvalue weighted by Gasteiger charge is -2.08. The molecule has 0 saturated carbocycles. The average molecular weight is 247 g/mol. The van der Waals surface area contributed by atoms with Crippen molar-refractivity contribution in [3.63, 3.8) is 0 Å². The first-order valence-electron chi connectivity index (χ1n) is 4.88. The van der Waals surface area contributed by atoms with Crippen LogP contribution in [0.25, 0.3) is 0 Å². The van der Waals surface area contributed by atoms with Gasteiger partial charge >= 0.3 is 11.9 Å². The van der Waals surface area contributed by atoms with Gasteiger partial charge in [-0.2, -0.15) is 20.1 Å². The van der Waals surface area contributed by atoms with E-state index in [1.807, 2.05) is 16.8 Å². The highest BCUT2D eigenvalue weighted by atomic mass is 32.1. The molecule has 1 atom stereocenters. The summed E-state index contributed by atoms with van der Waals surface area (Å²) in [6.45, 7) is 0.861. The Kier molecular flexibility index (Phi) is 3.20. The fraction of sp³-hybridized carbons (Fsp3) is 0.500. The number of alkyl halides is 2. The molecule has 1 aromatic rings. The molecule has 0 amide bonds. The van der Waals surface area contributed by atoms with Crippen molar-refractivity contribution in [1.82, 2.24) is 5.32 Å². The van der Waals surface area contributed by atoms with Crippen molar-refractivity contribution in [2.24, 2.45) is 0 Å². The van der Waals surface area contributed by atoms with E-state index >= 15 is 0 Å². The van der Waals surface area contributed by atoms with Gasteiger partial charge in [0.2, 0.25) is 0 Å². The SMILES string of the molecule is O=C1OC(CNCc2ccsc2)CC1(F)F. The molecule has 1 aromatic heterocycles. The Hall–Kier alpha value is -1.01. The molecular formula is C10H11F2NO2S. The predicted molar refractivity (Wildman–Crippen MR) is 55.5 cm³/mol. The zero-order valence-corrected chi connectivity index (χ0v) is 9.23. The molecule has 1 N–H and O–H groups in total. The molecular weight excluding hydrogens is 236 g/mol. The fourth-order valence-corrected chi connectivity index (χ4v) is 2.20. The quantitative estimate of drug-likeness (QED) is 0.824. The summed E-state index contributed by atoms with van der Waals surface area (Å²) in [6, 6.07) is 1.95. The van der Waals surface area contributed by atoms with Crippen molar-refractivity contribution in [2.75, 3.05) is 6.54 Å². The summed E-state index contributed by atoms with van der Waals surface area (Å²) in [4.78, 5) is 10.7. The lowest BCUT2D eigenvalue weighted by molar-refractivity contribution is -0.159. The van der Waals surface area contributed by atoms with Crippen LogP contribution >= 0.6 is 11.3 Å². The molecule has 1 fully saturated rings. The molecule has 16 heavy (non-hydrogen) atoms. The minimum absolute atomic E-state index is 0.261. The lowest BCUT2D eigenvalue weighted by atomic mass is 10.2. The Labute approximate surface area is 95.4 Å². The van der Waals surface area contributed by atoms with E-state index in [-0.39, 0.29) is 6.54 Å². The van der Waals surface area contributed by atoms with Crippen LogP contribution in [-0.2, 0) is 16.1 Å². The number of cyclic esters (lactones) is 1. The number of ether oxygens (including phenoxy) is 1. The van der Waals surface area contributed by atoms with Crippen molar-refractivity contribution < 1.29 is 18.3 Å². The van der Waals surface area contributed by atoms with Crippen LogP contribution in [0, 0.1) is 0 Å². The molecule has 1 unspecified atom stereocenters. The summed E-state index contributed by atoms with van der Waals surface area (Å²) < 4.78 is 30.1. The van der Waals surface area contributed by atoms with E-state index in [4.69, 9.17) is 0 Å². The van der Waals surface area contributed by atoms with E-state index in [0.717, 1.165) is 5.56 Å². The highest BCUT2D eigenvalue weighted by molar-refractivity contribution is 7.07. The van der Waals surface area contributed by atoms with E-state index in [1.54, 1.807) is 11.3 Å². The maximum atomic E-state index is 12.8. The molecule has 6 heteroatoms. The third-order valence-corrected chi connectivity index (χ3v) is 3.07. The summed E-state index contributed by atoms with van der Waals surface area (Å²) in [6.07, 6.45) is -1.25. The van der Waals surface area contributed by atoms with Crippen LogP contribution < -0.4 is 5.32 Å². The molecule has 1 aliphatic heterocycles. The van der Waals surface area contributed by atoms with Gasteiger partial charge in [-0.05, 0) is 22.4 Å². The molecule has 2 heterocycles. The third-order valence-electron chi connectivity index (χ3n) is 2.34. The van der Waals surface area contributed by atoms with Crippen LogP contribution in [0.1, 0.15) is 12.0 Å². The maximum Gasteiger partial charge on any atom is 0.377 e. The van der Waals surface area contributed by atoms with Gasteiger partial charge in [0.1, 0.15) is 6.10 Å². The number of hydrogen-bond acceptors (Lipinski definition) is 4. The Morgan fingerprint density at radius 3 is 3.00 bits per heavy atom. The van der Waals surface area contributed by atoms with Gasteiger partial charge in [0, 0.05) is 13.1 Å². The van der Waals surface area contributed by atoms with E-state index < -0.39 is 24.4 Å². The van der Waals surface area contributed by atoms with E-state index in [9.17, 15) is 13.6 Å². The average Bonchev–Trinajstić information content (AvgIpc) is 2.76. The first-order chi connectivity index (χ1) is 7.58. The number of nitrogens with one attached hydrogen (secondary N) is 1. The summed E-state index contributed by atoms with van der Waals surface area (Å²) >= 11 is 1.58. The molecule has 0 spiro atoms. The van der Waals surface area contributed by atoms with Crippen LogP contribution in [0.5, 0.6) is 0 Å². The van der Waals surface area contributed by atoms with Crippen molar-refractivity contribution in [3.05, 3.63) is 22.4 Å². The number of halogens is 2. The second kappa shape index (κ2) is 4.47. The molecule has 3 nitrogen and oxygen atoms in total. The number of carbonyl (C=O) groups is 1. The van der Waals surface area contributed by atoms with Gasteiger partial charge < -0.3 is 10.1 Å². The number of rotatable bonds is 4. The van der Waals surface area contributed by atoms with Crippen LogP contribution in [-0.4, -0.2) is 24.5 Å². The van der Waals surface area contributed by atoms with Gasteiger partial charge in [0.05, 0.1) is 6.42 Å². The largest absolute Gasteiger partial charge is 0.456 e. The first kappa shape index (κ1) is 11.5. The van der Waals surface area contributed by atoms with Crippen molar-refractivity contribution >= 4 is 17.3 Å². The molecule has 1 saturated heterocycles. The van der Waals surface area contributed by atoms with Crippen LogP contribution in [0.4, 0.5) is 8.78 Å². The number of thiophene rings is 1. The minimum atomic E-state index is -3.31. The van der Waals surface area contributed by atoms with Crippen LogP contribution in [0.3, 0.4) is 0 Å². The molecule has 0 aliphatic carbocycles. The summed E-state index contributed by atoms with van der Waals surface area (Å²) in [5.74, 6) is -4.72. The highest BCUT2D eigenvalue weighted by Gasteiger charge is 2.50. The molecule has 2 rings (SSSR count). The third kappa shape index (κ3) is 2.56. The highest BCUT2D eigenvalue weighted by Crippen LogP contribution is 2.30. The minimum Gasteiger partial charge on any atom is -0.456 e. The fourth-order valence-electron chi connectivity index (χ4n) is 1.53. The van der Waals surface area contributed by atoms with Crippen molar-refractivity contribution in [3.8, 4) is 0 Å². The van der Waals surface area contributed by atoms with Crippen LogP contribution in [0.2, 0.25) is 0 Å². The molecule has 0 aromatic carbocycles. The van der Waals surface area contributed by atoms with Crippen molar-refractivity contribution in [1.29, 1.82) is 0 Å². The second-order valence-electron chi connectivity index (χ2n) is 3.70. The second-order valence-corrected chi connectivity index (χ2v) is 4.48. The first-order valence-corrected chi connectivity index (χ1v) is 5.83. The lowest BCUT2D eigenvalue weighted by Crippen LogP contribution is -2.26. The van der Waals surface area contributed by atoms with E-state index in [2.05, 4.69) is 10.1 Å². The molecule has 0 radical (unpaired) electrons. The Morgan fingerprint density at radius 2 is 2.44 bits per heavy atom. The monoisotopic (exact) mass is 247 g/mol.